The van der Waals surface area contributed by atoms with E-state index in [-0.39, 0.29) is 0 Å². The third-order valence-electron chi connectivity index (χ3n) is 7.77. The Bertz CT molecular complexity index is 1570. The molecule has 0 radical (unpaired) electrons. The number of nitriles is 1. The normalized spacial score (nSPS) is 15.2. The van der Waals surface area contributed by atoms with Gasteiger partial charge in [-0.15, -0.1) is 0 Å². The quantitative estimate of drug-likeness (QED) is 0.368. The van der Waals surface area contributed by atoms with Crippen LogP contribution < -0.4 is 9.64 Å². The molecule has 2 aromatic carbocycles. The summed E-state index contributed by atoms with van der Waals surface area (Å²) in [6.07, 6.45) is 6.71. The smallest absolute Gasteiger partial charge is 0.139 e. The third-order valence-corrected chi connectivity index (χ3v) is 7.77. The van der Waals surface area contributed by atoms with Crippen molar-refractivity contribution < 1.29 is 4.74 Å². The molecule has 1 aliphatic carbocycles. The number of aromatic nitrogens is 4. The number of piperidine rings is 1. The van der Waals surface area contributed by atoms with E-state index in [4.69, 9.17) is 20.0 Å². The zero-order chi connectivity index (χ0) is 26.2. The average molecular weight is 503 g/mol. The van der Waals surface area contributed by atoms with Crippen molar-refractivity contribution >= 4 is 17.5 Å². The van der Waals surface area contributed by atoms with E-state index >= 15 is 0 Å². The molecule has 1 N–H and O–H groups in total. The highest BCUT2D eigenvalue weighted by Crippen LogP contribution is 2.38. The molecule has 3 heterocycles. The molecule has 0 atom stereocenters. The molecule has 7 heteroatoms. The Morgan fingerprint density at radius 1 is 1.03 bits per heavy atom. The minimum Gasteiger partial charge on any atom is -0.496 e. The Morgan fingerprint density at radius 3 is 2.53 bits per heavy atom. The molecule has 4 aromatic rings. The number of H-pyrrole nitrogens is 1. The van der Waals surface area contributed by atoms with Crippen LogP contribution in [0.5, 0.6) is 5.75 Å². The van der Waals surface area contributed by atoms with E-state index < -0.39 is 0 Å². The van der Waals surface area contributed by atoms with Crippen LogP contribution in [0, 0.1) is 25.2 Å². The van der Waals surface area contributed by atoms with Gasteiger partial charge in [0.25, 0.3) is 0 Å². The van der Waals surface area contributed by atoms with Gasteiger partial charge in [0.1, 0.15) is 23.7 Å². The van der Waals surface area contributed by atoms with Crippen molar-refractivity contribution in [3.63, 3.8) is 0 Å². The van der Waals surface area contributed by atoms with E-state index in [2.05, 4.69) is 59.1 Å². The number of hydrogen-bond donors (Lipinski definition) is 1. The van der Waals surface area contributed by atoms with Crippen LogP contribution in [0.4, 0.5) is 5.82 Å². The molecule has 0 unspecified atom stereocenters. The predicted octanol–water partition coefficient (Wildman–Crippen LogP) is 5.84. The van der Waals surface area contributed by atoms with Gasteiger partial charge in [-0.1, -0.05) is 24.3 Å². The Morgan fingerprint density at radius 2 is 1.79 bits per heavy atom. The summed E-state index contributed by atoms with van der Waals surface area (Å²) in [5, 5.41) is 9.10. The first kappa shape index (κ1) is 23.9. The van der Waals surface area contributed by atoms with Crippen LogP contribution >= 0.6 is 0 Å². The van der Waals surface area contributed by atoms with Gasteiger partial charge in [0.15, 0.2) is 0 Å². The van der Waals surface area contributed by atoms with E-state index in [1.54, 1.807) is 13.4 Å². The molecular formula is C31H30N6O. The molecule has 0 saturated carbocycles. The summed E-state index contributed by atoms with van der Waals surface area (Å²) in [7, 11) is 1.71. The molecule has 0 amide bonds. The SMILES string of the molecule is COc1cc(-c2nc(C3CCN(c4ncnc5c4C=C(c4ccc(C#N)cc4)C5)CC3)[nH]c2C)ccc1C. The molecule has 0 bridgehead atoms. The minimum absolute atomic E-state index is 0.380. The maximum Gasteiger partial charge on any atom is 0.139 e. The maximum absolute atomic E-state index is 9.10. The Balaban J connectivity index is 1.18. The zero-order valence-corrected chi connectivity index (χ0v) is 22.0. The number of benzene rings is 2. The number of hydrogen-bond acceptors (Lipinski definition) is 6. The van der Waals surface area contributed by atoms with Crippen molar-refractivity contribution in [1.82, 2.24) is 19.9 Å². The fourth-order valence-electron chi connectivity index (χ4n) is 5.60. The highest BCUT2D eigenvalue weighted by molar-refractivity contribution is 5.91. The first-order valence-corrected chi connectivity index (χ1v) is 13.1. The molecule has 0 spiro atoms. The second-order valence-electron chi connectivity index (χ2n) is 10.1. The number of anilines is 1. The molecule has 190 valence electrons. The number of rotatable bonds is 5. The molecule has 2 aromatic heterocycles. The van der Waals surface area contributed by atoms with Crippen molar-refractivity contribution in [2.75, 3.05) is 25.1 Å². The number of methoxy groups -OCH3 is 1. The van der Waals surface area contributed by atoms with Gasteiger partial charge < -0.3 is 14.6 Å². The van der Waals surface area contributed by atoms with Crippen molar-refractivity contribution in [2.24, 2.45) is 0 Å². The van der Waals surface area contributed by atoms with Crippen LogP contribution in [-0.4, -0.2) is 40.1 Å². The number of fused-ring (bicyclic) bond motifs is 1. The fraction of sp³-hybridized carbons (Fsp3) is 0.290. The Hall–Kier alpha value is -4.44. The van der Waals surface area contributed by atoms with E-state index in [0.29, 0.717) is 11.5 Å². The number of nitrogens with one attached hydrogen (secondary N) is 1. The highest BCUT2D eigenvalue weighted by Gasteiger charge is 2.28. The van der Waals surface area contributed by atoms with Gasteiger partial charge in [-0.05, 0) is 67.7 Å². The number of nitrogens with zero attached hydrogens (tertiary/aromatic N) is 5. The van der Waals surface area contributed by atoms with Crippen LogP contribution in [0.15, 0.2) is 48.8 Å². The summed E-state index contributed by atoms with van der Waals surface area (Å²) in [6.45, 7) is 5.98. The number of ether oxygens (including phenoxy) is 1. The van der Waals surface area contributed by atoms with Gasteiger partial charge in [0, 0.05) is 42.2 Å². The van der Waals surface area contributed by atoms with Gasteiger partial charge in [-0.25, -0.2) is 15.0 Å². The highest BCUT2D eigenvalue weighted by atomic mass is 16.5. The maximum atomic E-state index is 9.10. The van der Waals surface area contributed by atoms with Crippen molar-refractivity contribution in [3.05, 3.63) is 88.3 Å². The van der Waals surface area contributed by atoms with Gasteiger partial charge >= 0.3 is 0 Å². The van der Waals surface area contributed by atoms with Crippen LogP contribution in [0.25, 0.3) is 22.9 Å². The molecule has 1 aliphatic heterocycles. The van der Waals surface area contributed by atoms with E-state index in [9.17, 15) is 0 Å². The van der Waals surface area contributed by atoms with Gasteiger partial charge in [0.2, 0.25) is 0 Å². The Labute approximate surface area is 222 Å². The largest absolute Gasteiger partial charge is 0.496 e. The molecule has 1 fully saturated rings. The first-order chi connectivity index (χ1) is 18.5. The number of imidazole rings is 1. The van der Waals surface area contributed by atoms with E-state index in [1.165, 1.54) is 5.57 Å². The first-order valence-electron chi connectivity index (χ1n) is 13.1. The summed E-state index contributed by atoms with van der Waals surface area (Å²) in [6, 6.07) is 16.2. The Kier molecular flexibility index (Phi) is 6.16. The van der Waals surface area contributed by atoms with Crippen molar-refractivity contribution in [3.8, 4) is 23.1 Å². The van der Waals surface area contributed by atoms with Gasteiger partial charge in [-0.2, -0.15) is 5.26 Å². The number of aryl methyl sites for hydroxylation is 2. The lowest BCUT2D eigenvalue weighted by atomic mass is 9.96. The second-order valence-corrected chi connectivity index (χ2v) is 10.1. The van der Waals surface area contributed by atoms with Crippen LogP contribution in [-0.2, 0) is 6.42 Å². The molecule has 7 nitrogen and oxygen atoms in total. The van der Waals surface area contributed by atoms with Crippen LogP contribution in [0.2, 0.25) is 0 Å². The molecule has 6 rings (SSSR count). The summed E-state index contributed by atoms with van der Waals surface area (Å²) in [4.78, 5) is 20.3. The summed E-state index contributed by atoms with van der Waals surface area (Å²) in [5.41, 5.74) is 9.47. The average Bonchev–Trinajstić information content (AvgIpc) is 3.57. The lowest BCUT2D eigenvalue weighted by Crippen LogP contribution is -2.34. The lowest BCUT2D eigenvalue weighted by Gasteiger charge is -2.32. The van der Waals surface area contributed by atoms with E-state index in [0.717, 1.165) is 89.1 Å². The monoisotopic (exact) mass is 502 g/mol. The molecule has 38 heavy (non-hydrogen) atoms. The molecule has 2 aliphatic rings. The number of allylic oxidation sites excluding steroid dienone is 1. The van der Waals surface area contributed by atoms with Gasteiger partial charge in [0.05, 0.1) is 30.1 Å². The fourth-order valence-corrected chi connectivity index (χ4v) is 5.60. The summed E-state index contributed by atoms with van der Waals surface area (Å²) >= 11 is 0. The van der Waals surface area contributed by atoms with Crippen molar-refractivity contribution in [1.29, 1.82) is 5.26 Å². The van der Waals surface area contributed by atoms with Crippen molar-refractivity contribution in [2.45, 2.75) is 39.0 Å². The predicted molar refractivity (Wildman–Crippen MR) is 149 cm³/mol. The molecule has 1 saturated heterocycles. The van der Waals surface area contributed by atoms with Gasteiger partial charge in [-0.3, -0.25) is 0 Å². The molecular weight excluding hydrogens is 472 g/mol. The van der Waals surface area contributed by atoms with Crippen LogP contribution in [0.1, 0.15) is 58.2 Å². The zero-order valence-electron chi connectivity index (χ0n) is 22.0. The van der Waals surface area contributed by atoms with Crippen LogP contribution in [0.3, 0.4) is 0 Å². The third kappa shape index (κ3) is 4.32. The second kappa shape index (κ2) is 9.79. The minimum atomic E-state index is 0.380. The number of aromatic amines is 1. The summed E-state index contributed by atoms with van der Waals surface area (Å²) in [5.74, 6) is 3.34. The standard InChI is InChI=1S/C31H30N6O/c1-19-4-7-24(16-28(19)38-3)29-20(2)35-30(36-29)23-10-12-37(13-11-23)31-26-14-25(15-27(26)33-18-34-31)22-8-5-21(17-32)6-9-22/h4-9,14,16,18,23H,10-13,15H2,1-3H3,(H,35,36). The van der Waals surface area contributed by atoms with E-state index in [1.807, 2.05) is 24.3 Å². The lowest BCUT2D eigenvalue weighted by molar-refractivity contribution is 0.412. The topological polar surface area (TPSA) is 90.7 Å². The summed E-state index contributed by atoms with van der Waals surface area (Å²) < 4.78 is 5.53.